The van der Waals surface area contributed by atoms with Crippen molar-refractivity contribution >= 4 is 17.5 Å². The molecular formula is C21H23ClF4N4O. The van der Waals surface area contributed by atoms with E-state index in [1.54, 1.807) is 11.0 Å². The number of halogens is 5. The van der Waals surface area contributed by atoms with Gasteiger partial charge in [-0.2, -0.15) is 18.3 Å². The van der Waals surface area contributed by atoms with Crippen LogP contribution in [0.15, 0.2) is 24.3 Å². The monoisotopic (exact) mass is 458 g/mol. The largest absolute Gasteiger partial charge is 0.436 e. The Morgan fingerprint density at radius 2 is 1.87 bits per heavy atom. The summed E-state index contributed by atoms with van der Waals surface area (Å²) in [6.45, 7) is 3.04. The van der Waals surface area contributed by atoms with E-state index < -0.39 is 11.9 Å². The van der Waals surface area contributed by atoms with Crippen molar-refractivity contribution in [3.8, 4) is 0 Å². The second-order valence-electron chi connectivity index (χ2n) is 8.08. The molecule has 1 aromatic carbocycles. The Morgan fingerprint density at radius 1 is 1.16 bits per heavy atom. The standard InChI is InChI=1S/C21H23ClF4N4O/c22-18-19(15-4-5-15)30(27-20(18)21(24,25)26)7-6-17(31)29-10-8-28(9-11-29)13-14-2-1-3-16(23)12-14/h1-3,12,15H,4-11,13H2. The van der Waals surface area contributed by atoms with Gasteiger partial charge in [-0.3, -0.25) is 14.4 Å². The fraction of sp³-hybridized carbons (Fsp3) is 0.524. The summed E-state index contributed by atoms with van der Waals surface area (Å²) in [6.07, 6.45) is -2.99. The number of amides is 1. The van der Waals surface area contributed by atoms with Crippen molar-refractivity contribution in [1.29, 1.82) is 0 Å². The van der Waals surface area contributed by atoms with E-state index in [0.717, 1.165) is 18.4 Å². The number of alkyl halides is 3. The van der Waals surface area contributed by atoms with Gasteiger partial charge < -0.3 is 4.90 Å². The number of aryl methyl sites for hydroxylation is 1. The molecule has 0 atom stereocenters. The van der Waals surface area contributed by atoms with Crippen molar-refractivity contribution in [1.82, 2.24) is 19.6 Å². The molecule has 0 unspecified atom stereocenters. The van der Waals surface area contributed by atoms with Crippen molar-refractivity contribution in [2.45, 2.75) is 44.4 Å². The van der Waals surface area contributed by atoms with Crippen LogP contribution in [0.1, 0.15) is 42.1 Å². The quantitative estimate of drug-likeness (QED) is 0.606. The van der Waals surface area contributed by atoms with Gasteiger partial charge in [0, 0.05) is 45.1 Å². The highest BCUT2D eigenvalue weighted by atomic mass is 35.5. The van der Waals surface area contributed by atoms with E-state index in [0.29, 0.717) is 38.4 Å². The molecule has 1 saturated carbocycles. The average Bonchev–Trinajstić information content (AvgIpc) is 3.48. The Bertz CT molecular complexity index is 949. The highest BCUT2D eigenvalue weighted by molar-refractivity contribution is 6.32. The summed E-state index contributed by atoms with van der Waals surface area (Å²) in [5, 5.41) is 3.34. The summed E-state index contributed by atoms with van der Waals surface area (Å²) in [7, 11) is 0. The van der Waals surface area contributed by atoms with Gasteiger partial charge in [0.1, 0.15) is 5.82 Å². The highest BCUT2D eigenvalue weighted by Crippen LogP contribution is 2.46. The van der Waals surface area contributed by atoms with Crippen molar-refractivity contribution in [2.75, 3.05) is 26.2 Å². The molecule has 10 heteroatoms. The molecule has 0 bridgehead atoms. The average molecular weight is 459 g/mol. The Kier molecular flexibility index (Phi) is 6.25. The molecule has 1 amide bonds. The molecule has 168 valence electrons. The van der Waals surface area contributed by atoms with Gasteiger partial charge in [0.15, 0.2) is 5.69 Å². The molecule has 1 aromatic heterocycles. The number of hydrogen-bond acceptors (Lipinski definition) is 3. The zero-order valence-electron chi connectivity index (χ0n) is 16.8. The summed E-state index contributed by atoms with van der Waals surface area (Å²) in [5.41, 5.74) is 0.194. The predicted octanol–water partition coefficient (Wildman–Crippen LogP) is 4.31. The highest BCUT2D eigenvalue weighted by Gasteiger charge is 2.42. The summed E-state index contributed by atoms with van der Waals surface area (Å²) >= 11 is 5.98. The smallest absolute Gasteiger partial charge is 0.340 e. The lowest BCUT2D eigenvalue weighted by atomic mass is 10.2. The molecule has 5 nitrogen and oxygen atoms in total. The zero-order valence-corrected chi connectivity index (χ0v) is 17.6. The first-order chi connectivity index (χ1) is 14.7. The van der Waals surface area contributed by atoms with Gasteiger partial charge in [0.05, 0.1) is 17.3 Å². The van der Waals surface area contributed by atoms with Crippen LogP contribution in [0.3, 0.4) is 0 Å². The van der Waals surface area contributed by atoms with Gasteiger partial charge in [-0.15, -0.1) is 0 Å². The molecule has 31 heavy (non-hydrogen) atoms. The van der Waals surface area contributed by atoms with Crippen molar-refractivity contribution in [2.24, 2.45) is 0 Å². The van der Waals surface area contributed by atoms with Gasteiger partial charge in [0.25, 0.3) is 0 Å². The molecule has 2 aromatic rings. The minimum absolute atomic E-state index is 0.0161. The van der Waals surface area contributed by atoms with E-state index in [4.69, 9.17) is 11.6 Å². The fourth-order valence-electron chi connectivity index (χ4n) is 3.96. The fourth-order valence-corrected chi connectivity index (χ4v) is 4.36. The second kappa shape index (κ2) is 8.78. The Morgan fingerprint density at radius 3 is 2.48 bits per heavy atom. The third-order valence-electron chi connectivity index (χ3n) is 5.72. The molecule has 1 aliphatic carbocycles. The lowest BCUT2D eigenvalue weighted by Gasteiger charge is -2.34. The van der Waals surface area contributed by atoms with Gasteiger partial charge in [-0.05, 0) is 30.5 Å². The van der Waals surface area contributed by atoms with E-state index in [1.807, 2.05) is 6.07 Å². The van der Waals surface area contributed by atoms with E-state index in [9.17, 15) is 22.4 Å². The third-order valence-corrected chi connectivity index (χ3v) is 6.09. The van der Waals surface area contributed by atoms with Crippen LogP contribution in [0.4, 0.5) is 17.6 Å². The van der Waals surface area contributed by atoms with Gasteiger partial charge in [-0.1, -0.05) is 23.7 Å². The van der Waals surface area contributed by atoms with Gasteiger partial charge in [-0.25, -0.2) is 4.39 Å². The number of aromatic nitrogens is 2. The number of benzene rings is 1. The van der Waals surface area contributed by atoms with E-state index >= 15 is 0 Å². The maximum atomic E-state index is 13.3. The van der Waals surface area contributed by atoms with Crippen molar-refractivity contribution < 1.29 is 22.4 Å². The van der Waals surface area contributed by atoms with Crippen LogP contribution in [-0.4, -0.2) is 51.7 Å². The number of nitrogens with zero attached hydrogens (tertiary/aromatic N) is 4. The zero-order chi connectivity index (χ0) is 22.2. The molecule has 0 spiro atoms. The first kappa shape index (κ1) is 22.1. The second-order valence-corrected chi connectivity index (χ2v) is 8.46. The van der Waals surface area contributed by atoms with E-state index in [1.165, 1.54) is 16.8 Å². The summed E-state index contributed by atoms with van der Waals surface area (Å²) in [6, 6.07) is 6.44. The number of rotatable bonds is 6. The molecule has 1 aliphatic heterocycles. The van der Waals surface area contributed by atoms with Crippen LogP contribution in [0.5, 0.6) is 0 Å². The SMILES string of the molecule is O=C(CCn1nc(C(F)(F)F)c(Cl)c1C1CC1)N1CCN(Cc2cccc(F)c2)CC1. The summed E-state index contributed by atoms with van der Waals surface area (Å²) in [4.78, 5) is 16.5. The normalized spacial score (nSPS) is 17.9. The molecule has 2 aliphatic rings. The molecule has 2 heterocycles. The van der Waals surface area contributed by atoms with Crippen LogP contribution in [-0.2, 0) is 24.1 Å². The minimum Gasteiger partial charge on any atom is -0.340 e. The Hall–Kier alpha value is -2.13. The minimum atomic E-state index is -4.62. The van der Waals surface area contributed by atoms with Crippen LogP contribution >= 0.6 is 11.6 Å². The topological polar surface area (TPSA) is 41.4 Å². The molecular weight excluding hydrogens is 436 g/mol. The van der Waals surface area contributed by atoms with Gasteiger partial charge in [0.2, 0.25) is 5.91 Å². The van der Waals surface area contributed by atoms with E-state index in [2.05, 4.69) is 10.00 Å². The van der Waals surface area contributed by atoms with Crippen molar-refractivity contribution in [3.63, 3.8) is 0 Å². The maximum absolute atomic E-state index is 13.3. The summed E-state index contributed by atoms with van der Waals surface area (Å²) in [5.74, 6) is -0.408. The molecule has 1 saturated heterocycles. The Labute approximate surface area is 182 Å². The summed E-state index contributed by atoms with van der Waals surface area (Å²) < 4.78 is 54.1. The van der Waals surface area contributed by atoms with Crippen molar-refractivity contribution in [3.05, 3.63) is 52.1 Å². The molecule has 0 N–H and O–H groups in total. The molecule has 0 radical (unpaired) electrons. The van der Waals surface area contributed by atoms with Gasteiger partial charge >= 0.3 is 6.18 Å². The number of piperazine rings is 1. The first-order valence-corrected chi connectivity index (χ1v) is 10.7. The lowest BCUT2D eigenvalue weighted by molar-refractivity contribution is -0.141. The Balaban J connectivity index is 1.32. The molecule has 4 rings (SSSR count). The first-order valence-electron chi connectivity index (χ1n) is 10.3. The van der Waals surface area contributed by atoms with E-state index in [-0.39, 0.29) is 35.6 Å². The molecule has 2 fully saturated rings. The number of carbonyl (C=O) groups excluding carboxylic acids is 1. The maximum Gasteiger partial charge on any atom is 0.436 e. The van der Waals surface area contributed by atoms with Crippen LogP contribution in [0.25, 0.3) is 0 Å². The van der Waals surface area contributed by atoms with Crippen LogP contribution in [0.2, 0.25) is 5.02 Å². The third kappa shape index (κ3) is 5.20. The predicted molar refractivity (Wildman–Crippen MR) is 107 cm³/mol. The van der Waals surface area contributed by atoms with Crippen LogP contribution in [0, 0.1) is 5.82 Å². The number of hydrogen-bond donors (Lipinski definition) is 0. The lowest BCUT2D eigenvalue weighted by Crippen LogP contribution is -2.48. The van der Waals surface area contributed by atoms with Crippen LogP contribution < -0.4 is 0 Å². The number of carbonyl (C=O) groups is 1.